The molecule has 0 spiro atoms. The van der Waals surface area contributed by atoms with E-state index >= 15 is 0 Å². The first-order valence-corrected chi connectivity index (χ1v) is 10.0. The summed E-state index contributed by atoms with van der Waals surface area (Å²) in [5.74, 6) is 0.0877. The fourth-order valence-corrected chi connectivity index (χ4v) is 5.02. The second-order valence-electron chi connectivity index (χ2n) is 6.66. The molecule has 0 radical (unpaired) electrons. The molecule has 25 heavy (non-hydrogen) atoms. The molecule has 5 heteroatoms. The van der Waals surface area contributed by atoms with Crippen molar-refractivity contribution in [3.8, 4) is 11.1 Å². The van der Waals surface area contributed by atoms with Crippen LogP contribution in [0, 0.1) is 0 Å². The number of nitrogens with one attached hydrogen (secondary N) is 1. The third kappa shape index (κ3) is 3.51. The topological polar surface area (TPSA) is 32.3 Å². The molecule has 2 aromatic carbocycles. The lowest BCUT2D eigenvalue weighted by Crippen LogP contribution is -2.41. The van der Waals surface area contributed by atoms with Crippen molar-refractivity contribution in [2.45, 2.75) is 43.0 Å². The van der Waals surface area contributed by atoms with E-state index in [1.54, 1.807) is 11.9 Å². The highest BCUT2D eigenvalue weighted by atomic mass is 35.5. The number of nitrogens with zero attached hydrogens (tertiary/aromatic N) is 1. The first kappa shape index (κ1) is 16.8. The molecule has 3 nitrogen and oxygen atoms in total. The normalized spacial score (nSPS) is 16.9. The molecule has 130 valence electrons. The van der Waals surface area contributed by atoms with Crippen LogP contribution in [0.25, 0.3) is 11.1 Å². The van der Waals surface area contributed by atoms with Crippen molar-refractivity contribution in [2.75, 3.05) is 10.8 Å². The fourth-order valence-electron chi connectivity index (χ4n) is 3.68. The Balaban J connectivity index is 1.57. The van der Waals surface area contributed by atoms with Crippen LogP contribution in [0.15, 0.2) is 47.4 Å². The van der Waals surface area contributed by atoms with Gasteiger partial charge in [0.1, 0.15) is 6.54 Å². The summed E-state index contributed by atoms with van der Waals surface area (Å²) in [5.41, 5.74) is 3.16. The Morgan fingerprint density at radius 3 is 2.76 bits per heavy atom. The number of benzene rings is 2. The van der Waals surface area contributed by atoms with Crippen LogP contribution in [-0.4, -0.2) is 18.5 Å². The van der Waals surface area contributed by atoms with Crippen LogP contribution in [0.4, 0.5) is 5.69 Å². The molecular formula is C20H21ClN2OS. The highest BCUT2D eigenvalue weighted by molar-refractivity contribution is 8.01. The van der Waals surface area contributed by atoms with Crippen LogP contribution >= 0.6 is 23.5 Å². The number of halogens is 1. The van der Waals surface area contributed by atoms with E-state index in [0.29, 0.717) is 12.6 Å². The van der Waals surface area contributed by atoms with Crippen LogP contribution < -0.4 is 9.62 Å². The molecule has 0 saturated heterocycles. The Kier molecular flexibility index (Phi) is 4.91. The minimum atomic E-state index is 0.0877. The van der Waals surface area contributed by atoms with Crippen molar-refractivity contribution >= 4 is 35.1 Å². The average Bonchev–Trinajstić information content (AvgIpc) is 2.63. The molecule has 1 amide bonds. The van der Waals surface area contributed by atoms with Crippen molar-refractivity contribution in [3.63, 3.8) is 0 Å². The third-order valence-electron chi connectivity index (χ3n) is 4.88. The van der Waals surface area contributed by atoms with Crippen molar-refractivity contribution < 1.29 is 4.79 Å². The second-order valence-corrected chi connectivity index (χ2v) is 8.13. The standard InChI is InChI=1S/C20H21ClN2OS/c21-16-10-6-11-17-20(16)15-9-4-5-12-18(15)25-23(17)13-19(24)22-14-7-2-1-3-8-14/h4-6,9-12,14H,1-3,7-8,13H2,(H,22,24). The number of anilines is 1. The van der Waals surface area contributed by atoms with Crippen molar-refractivity contribution in [1.29, 1.82) is 0 Å². The first-order chi connectivity index (χ1) is 12.2. The van der Waals surface area contributed by atoms with Crippen molar-refractivity contribution in [1.82, 2.24) is 5.32 Å². The summed E-state index contributed by atoms with van der Waals surface area (Å²) in [6.07, 6.45) is 5.93. The van der Waals surface area contributed by atoms with E-state index in [9.17, 15) is 4.79 Å². The van der Waals surface area contributed by atoms with Gasteiger partial charge < -0.3 is 9.62 Å². The van der Waals surface area contributed by atoms with Gasteiger partial charge >= 0.3 is 0 Å². The van der Waals surface area contributed by atoms with E-state index in [1.165, 1.54) is 19.3 Å². The van der Waals surface area contributed by atoms with Crippen molar-refractivity contribution in [3.05, 3.63) is 47.5 Å². The van der Waals surface area contributed by atoms with Gasteiger partial charge in [-0.15, -0.1) is 0 Å². The van der Waals surface area contributed by atoms with E-state index in [-0.39, 0.29) is 5.91 Å². The minimum absolute atomic E-state index is 0.0877. The average molecular weight is 373 g/mol. The number of amides is 1. The maximum atomic E-state index is 12.6. The summed E-state index contributed by atoms with van der Waals surface area (Å²) >= 11 is 8.10. The zero-order chi connectivity index (χ0) is 17.2. The lowest BCUT2D eigenvalue weighted by atomic mass is 9.95. The first-order valence-electron chi connectivity index (χ1n) is 8.85. The zero-order valence-electron chi connectivity index (χ0n) is 14.0. The molecule has 1 aliphatic carbocycles. The van der Waals surface area contributed by atoms with Gasteiger partial charge in [0.05, 0.1) is 10.7 Å². The van der Waals surface area contributed by atoms with Gasteiger partial charge in [0.2, 0.25) is 5.91 Å². The SMILES string of the molecule is O=C(CN1Sc2ccccc2-c2c(Cl)cccc21)NC1CCCCC1. The Hall–Kier alpha value is -1.65. The third-order valence-corrected chi connectivity index (χ3v) is 6.30. The Labute approximate surface area is 157 Å². The van der Waals surface area contributed by atoms with Gasteiger partial charge in [-0.3, -0.25) is 4.79 Å². The van der Waals surface area contributed by atoms with E-state index in [1.807, 2.05) is 30.3 Å². The van der Waals surface area contributed by atoms with Crippen LogP contribution in [0.1, 0.15) is 32.1 Å². The second kappa shape index (κ2) is 7.30. The number of rotatable bonds is 3. The van der Waals surface area contributed by atoms with Gasteiger partial charge in [-0.1, -0.05) is 55.1 Å². The monoisotopic (exact) mass is 372 g/mol. The van der Waals surface area contributed by atoms with Gasteiger partial charge in [0, 0.05) is 22.1 Å². The van der Waals surface area contributed by atoms with Gasteiger partial charge in [-0.05, 0) is 43.0 Å². The maximum Gasteiger partial charge on any atom is 0.240 e. The smallest absolute Gasteiger partial charge is 0.240 e. The zero-order valence-corrected chi connectivity index (χ0v) is 15.6. The van der Waals surface area contributed by atoms with Crippen LogP contribution in [0.2, 0.25) is 5.02 Å². The summed E-state index contributed by atoms with van der Waals surface area (Å²) in [6, 6.07) is 14.5. The molecule has 2 aromatic rings. The molecule has 1 N–H and O–H groups in total. The summed E-state index contributed by atoms with van der Waals surface area (Å²) in [4.78, 5) is 13.7. The maximum absolute atomic E-state index is 12.6. The summed E-state index contributed by atoms with van der Waals surface area (Å²) in [5, 5.41) is 3.93. The number of carbonyl (C=O) groups excluding carboxylic acids is 1. The summed E-state index contributed by atoms with van der Waals surface area (Å²) in [6.45, 7) is 0.336. The molecule has 1 aliphatic heterocycles. The molecule has 0 atom stereocenters. The van der Waals surface area contributed by atoms with E-state index in [0.717, 1.165) is 39.6 Å². The highest BCUT2D eigenvalue weighted by Crippen LogP contribution is 2.48. The minimum Gasteiger partial charge on any atom is -0.352 e. The molecular weight excluding hydrogens is 352 g/mol. The quantitative estimate of drug-likeness (QED) is 0.743. The number of hydrogen-bond donors (Lipinski definition) is 1. The lowest BCUT2D eigenvalue weighted by Gasteiger charge is -2.32. The molecule has 4 rings (SSSR count). The molecule has 0 unspecified atom stereocenters. The Bertz CT molecular complexity index is 789. The molecule has 0 bridgehead atoms. The number of fused-ring (bicyclic) bond motifs is 3. The molecule has 1 saturated carbocycles. The van der Waals surface area contributed by atoms with Crippen molar-refractivity contribution in [2.24, 2.45) is 0 Å². The molecule has 1 heterocycles. The van der Waals surface area contributed by atoms with Gasteiger partial charge in [-0.2, -0.15) is 0 Å². The van der Waals surface area contributed by atoms with Crippen LogP contribution in [0.3, 0.4) is 0 Å². The molecule has 2 aliphatic rings. The highest BCUT2D eigenvalue weighted by Gasteiger charge is 2.27. The Morgan fingerprint density at radius 2 is 1.92 bits per heavy atom. The van der Waals surface area contributed by atoms with E-state index in [4.69, 9.17) is 11.6 Å². The lowest BCUT2D eigenvalue weighted by molar-refractivity contribution is -0.120. The summed E-state index contributed by atoms with van der Waals surface area (Å²) < 4.78 is 2.06. The summed E-state index contributed by atoms with van der Waals surface area (Å²) in [7, 11) is 0. The fraction of sp³-hybridized carbons (Fsp3) is 0.350. The largest absolute Gasteiger partial charge is 0.352 e. The van der Waals surface area contributed by atoms with Crippen LogP contribution in [0.5, 0.6) is 0 Å². The Morgan fingerprint density at radius 1 is 1.12 bits per heavy atom. The van der Waals surface area contributed by atoms with Gasteiger partial charge in [-0.25, -0.2) is 0 Å². The van der Waals surface area contributed by atoms with E-state index < -0.39 is 0 Å². The molecule has 0 aromatic heterocycles. The van der Waals surface area contributed by atoms with Gasteiger partial charge in [0.25, 0.3) is 0 Å². The van der Waals surface area contributed by atoms with Crippen LogP contribution in [-0.2, 0) is 4.79 Å². The van der Waals surface area contributed by atoms with E-state index in [2.05, 4.69) is 21.8 Å². The molecule has 1 fully saturated rings. The predicted molar refractivity (Wildman–Crippen MR) is 105 cm³/mol. The van der Waals surface area contributed by atoms with Gasteiger partial charge in [0.15, 0.2) is 0 Å². The number of carbonyl (C=O) groups is 1. The number of hydrogen-bond acceptors (Lipinski definition) is 3. The predicted octanol–water partition coefficient (Wildman–Crippen LogP) is 5.28.